The van der Waals surface area contributed by atoms with Crippen molar-refractivity contribution in [3.8, 4) is 0 Å². The third-order valence-corrected chi connectivity index (χ3v) is 3.85. The van der Waals surface area contributed by atoms with Gasteiger partial charge in [-0.05, 0) is 43.0 Å². The van der Waals surface area contributed by atoms with Gasteiger partial charge in [0.25, 0.3) is 0 Å². The SMILES string of the molecule is CCCCCCCN1CCCc2cc(N)ccc21. The second-order valence-electron chi connectivity index (χ2n) is 5.39. The fraction of sp³-hybridized carbons (Fsp3) is 0.625. The summed E-state index contributed by atoms with van der Waals surface area (Å²) in [4.78, 5) is 2.55. The fourth-order valence-electron chi connectivity index (χ4n) is 2.83. The molecular weight excluding hydrogens is 220 g/mol. The maximum absolute atomic E-state index is 5.86. The van der Waals surface area contributed by atoms with Gasteiger partial charge in [0.05, 0.1) is 0 Å². The van der Waals surface area contributed by atoms with Gasteiger partial charge in [-0.3, -0.25) is 0 Å². The molecule has 1 aromatic rings. The minimum atomic E-state index is 0.901. The zero-order valence-corrected chi connectivity index (χ0v) is 11.6. The second kappa shape index (κ2) is 6.67. The van der Waals surface area contributed by atoms with Crippen LogP contribution in [-0.4, -0.2) is 13.1 Å². The summed E-state index contributed by atoms with van der Waals surface area (Å²) < 4.78 is 0. The molecule has 2 rings (SSSR count). The van der Waals surface area contributed by atoms with Crippen LogP contribution >= 0.6 is 0 Å². The van der Waals surface area contributed by atoms with Crippen LogP contribution in [0, 0.1) is 0 Å². The summed E-state index contributed by atoms with van der Waals surface area (Å²) in [5, 5.41) is 0. The third-order valence-electron chi connectivity index (χ3n) is 3.85. The Morgan fingerprint density at radius 1 is 1.17 bits per heavy atom. The number of nitrogens with zero attached hydrogens (tertiary/aromatic N) is 1. The molecule has 2 N–H and O–H groups in total. The first-order chi connectivity index (χ1) is 8.81. The average Bonchev–Trinajstić information content (AvgIpc) is 2.38. The van der Waals surface area contributed by atoms with Crippen molar-refractivity contribution in [2.75, 3.05) is 23.7 Å². The monoisotopic (exact) mass is 246 g/mol. The van der Waals surface area contributed by atoms with Crippen molar-refractivity contribution in [1.29, 1.82) is 0 Å². The molecule has 0 amide bonds. The lowest BCUT2D eigenvalue weighted by atomic mass is 10.0. The van der Waals surface area contributed by atoms with Crippen LogP contribution in [0.3, 0.4) is 0 Å². The molecule has 1 aromatic carbocycles. The van der Waals surface area contributed by atoms with Crippen LogP contribution in [-0.2, 0) is 6.42 Å². The van der Waals surface area contributed by atoms with E-state index in [9.17, 15) is 0 Å². The Labute approximate surface area is 111 Å². The number of fused-ring (bicyclic) bond motifs is 1. The predicted octanol–water partition coefficient (Wildman–Crippen LogP) is 3.99. The average molecular weight is 246 g/mol. The molecule has 2 heteroatoms. The van der Waals surface area contributed by atoms with Gasteiger partial charge in [-0.1, -0.05) is 32.6 Å². The van der Waals surface area contributed by atoms with Crippen molar-refractivity contribution < 1.29 is 0 Å². The van der Waals surface area contributed by atoms with Crippen molar-refractivity contribution in [2.24, 2.45) is 0 Å². The van der Waals surface area contributed by atoms with E-state index in [-0.39, 0.29) is 0 Å². The molecule has 1 aliphatic heterocycles. The number of nitrogens with two attached hydrogens (primary N) is 1. The van der Waals surface area contributed by atoms with E-state index in [4.69, 9.17) is 5.73 Å². The van der Waals surface area contributed by atoms with E-state index < -0.39 is 0 Å². The van der Waals surface area contributed by atoms with E-state index in [1.165, 1.54) is 69.3 Å². The van der Waals surface area contributed by atoms with Crippen molar-refractivity contribution >= 4 is 11.4 Å². The van der Waals surface area contributed by atoms with Gasteiger partial charge in [0, 0.05) is 24.5 Å². The van der Waals surface area contributed by atoms with Crippen LogP contribution in [0.4, 0.5) is 11.4 Å². The lowest BCUT2D eigenvalue weighted by Gasteiger charge is -2.31. The molecule has 0 saturated carbocycles. The lowest BCUT2D eigenvalue weighted by Crippen LogP contribution is -2.30. The van der Waals surface area contributed by atoms with Crippen molar-refractivity contribution in [2.45, 2.75) is 51.9 Å². The molecule has 1 aliphatic rings. The first kappa shape index (κ1) is 13.3. The standard InChI is InChI=1S/C16H26N2/c1-2-3-4-5-6-11-18-12-7-8-14-13-15(17)9-10-16(14)18/h9-10,13H,2-8,11-12,17H2,1H3. The number of rotatable bonds is 6. The van der Waals surface area contributed by atoms with Gasteiger partial charge < -0.3 is 10.6 Å². The Morgan fingerprint density at radius 2 is 2.00 bits per heavy atom. The van der Waals surface area contributed by atoms with E-state index >= 15 is 0 Å². The van der Waals surface area contributed by atoms with Gasteiger partial charge in [0.1, 0.15) is 0 Å². The van der Waals surface area contributed by atoms with E-state index in [0.717, 1.165) is 5.69 Å². The van der Waals surface area contributed by atoms with Crippen LogP contribution in [0.15, 0.2) is 18.2 Å². The summed E-state index contributed by atoms with van der Waals surface area (Å²) >= 11 is 0. The number of benzene rings is 1. The molecule has 2 nitrogen and oxygen atoms in total. The van der Waals surface area contributed by atoms with Crippen molar-refractivity contribution in [3.05, 3.63) is 23.8 Å². The minimum Gasteiger partial charge on any atom is -0.399 e. The van der Waals surface area contributed by atoms with Gasteiger partial charge in [-0.15, -0.1) is 0 Å². The smallest absolute Gasteiger partial charge is 0.0400 e. The maximum Gasteiger partial charge on any atom is 0.0400 e. The number of unbranched alkanes of at least 4 members (excludes halogenated alkanes) is 4. The normalized spacial score (nSPS) is 14.6. The summed E-state index contributed by atoms with van der Waals surface area (Å²) in [7, 11) is 0. The quantitative estimate of drug-likeness (QED) is 0.607. The van der Waals surface area contributed by atoms with Gasteiger partial charge in [0.15, 0.2) is 0 Å². The van der Waals surface area contributed by atoms with Crippen LogP contribution in [0.5, 0.6) is 0 Å². The van der Waals surface area contributed by atoms with E-state index in [1.807, 2.05) is 6.07 Å². The van der Waals surface area contributed by atoms with E-state index in [2.05, 4.69) is 24.0 Å². The molecule has 18 heavy (non-hydrogen) atoms. The fourth-order valence-corrected chi connectivity index (χ4v) is 2.83. The summed E-state index contributed by atoms with van der Waals surface area (Å²) in [6.45, 7) is 4.69. The number of hydrogen-bond acceptors (Lipinski definition) is 2. The highest BCUT2D eigenvalue weighted by Crippen LogP contribution is 2.29. The summed E-state index contributed by atoms with van der Waals surface area (Å²) in [5.41, 5.74) is 9.63. The topological polar surface area (TPSA) is 29.3 Å². The summed E-state index contributed by atoms with van der Waals surface area (Å²) in [5.74, 6) is 0. The number of anilines is 2. The molecule has 0 unspecified atom stereocenters. The molecule has 0 bridgehead atoms. The highest BCUT2D eigenvalue weighted by molar-refractivity contribution is 5.61. The zero-order chi connectivity index (χ0) is 12.8. The molecule has 0 aromatic heterocycles. The molecule has 0 spiro atoms. The molecule has 0 saturated heterocycles. The predicted molar refractivity (Wildman–Crippen MR) is 80.1 cm³/mol. The molecular formula is C16H26N2. The first-order valence-corrected chi connectivity index (χ1v) is 7.44. The number of hydrogen-bond donors (Lipinski definition) is 1. The highest BCUT2D eigenvalue weighted by atomic mass is 15.1. The zero-order valence-electron chi connectivity index (χ0n) is 11.6. The second-order valence-corrected chi connectivity index (χ2v) is 5.39. The summed E-state index contributed by atoms with van der Waals surface area (Å²) in [6.07, 6.45) is 9.24. The third kappa shape index (κ3) is 3.41. The van der Waals surface area contributed by atoms with Gasteiger partial charge in [0.2, 0.25) is 0 Å². The Bertz CT molecular complexity index is 373. The maximum atomic E-state index is 5.86. The van der Waals surface area contributed by atoms with Gasteiger partial charge in [-0.25, -0.2) is 0 Å². The Morgan fingerprint density at radius 3 is 2.83 bits per heavy atom. The Balaban J connectivity index is 1.88. The first-order valence-electron chi connectivity index (χ1n) is 7.44. The van der Waals surface area contributed by atoms with Crippen LogP contribution < -0.4 is 10.6 Å². The van der Waals surface area contributed by atoms with E-state index in [1.54, 1.807) is 0 Å². The number of aryl methyl sites for hydroxylation is 1. The molecule has 0 radical (unpaired) electrons. The molecule has 1 heterocycles. The van der Waals surface area contributed by atoms with Crippen LogP contribution in [0.2, 0.25) is 0 Å². The Kier molecular flexibility index (Phi) is 4.91. The summed E-state index contributed by atoms with van der Waals surface area (Å²) in [6, 6.07) is 6.39. The van der Waals surface area contributed by atoms with Crippen LogP contribution in [0.25, 0.3) is 0 Å². The largest absolute Gasteiger partial charge is 0.399 e. The molecule has 0 aliphatic carbocycles. The van der Waals surface area contributed by atoms with Gasteiger partial charge >= 0.3 is 0 Å². The van der Waals surface area contributed by atoms with Crippen molar-refractivity contribution in [3.63, 3.8) is 0 Å². The molecule has 0 atom stereocenters. The highest BCUT2D eigenvalue weighted by Gasteiger charge is 2.16. The van der Waals surface area contributed by atoms with Crippen molar-refractivity contribution in [1.82, 2.24) is 0 Å². The minimum absolute atomic E-state index is 0.901. The Hall–Kier alpha value is -1.18. The van der Waals surface area contributed by atoms with E-state index in [0.29, 0.717) is 0 Å². The van der Waals surface area contributed by atoms with Gasteiger partial charge in [-0.2, -0.15) is 0 Å². The lowest BCUT2D eigenvalue weighted by molar-refractivity contribution is 0.602. The number of nitrogen functional groups attached to an aromatic ring is 1. The molecule has 100 valence electrons. The molecule has 0 fully saturated rings. The van der Waals surface area contributed by atoms with Crippen LogP contribution in [0.1, 0.15) is 51.0 Å².